The highest BCUT2D eigenvalue weighted by Gasteiger charge is 2.05. The average molecular weight is 272 g/mol. The minimum absolute atomic E-state index is 0. The maximum absolute atomic E-state index is 5.13. The number of methoxy groups -OCH3 is 1. The third-order valence-electron chi connectivity index (χ3n) is 2.25. The third-order valence-corrected chi connectivity index (χ3v) is 2.25. The van der Waals surface area contributed by atoms with Gasteiger partial charge in [-0.2, -0.15) is 4.98 Å². The van der Waals surface area contributed by atoms with E-state index in [0.717, 1.165) is 31.7 Å². The molecule has 0 saturated carbocycles. The van der Waals surface area contributed by atoms with Crippen LogP contribution in [0.4, 0.5) is 5.82 Å². The normalized spacial score (nSPS) is 10.2. The van der Waals surface area contributed by atoms with Gasteiger partial charge in [-0.3, -0.25) is 4.99 Å². The molecule has 0 aliphatic heterocycles. The number of hydrogen-bond donors (Lipinski definition) is 0. The second kappa shape index (κ2) is 9.71. The molecule has 0 aromatic carbocycles. The van der Waals surface area contributed by atoms with Crippen LogP contribution >= 0.6 is 12.4 Å². The van der Waals surface area contributed by atoms with Crippen molar-refractivity contribution in [2.75, 3.05) is 25.1 Å². The van der Waals surface area contributed by atoms with Crippen LogP contribution in [0.15, 0.2) is 23.2 Å². The summed E-state index contributed by atoms with van der Waals surface area (Å²) < 4.78 is 5.13. The lowest BCUT2D eigenvalue weighted by atomic mass is 10.4. The third kappa shape index (κ3) is 5.36. The number of pyridine rings is 1. The van der Waals surface area contributed by atoms with Crippen LogP contribution in [0.2, 0.25) is 0 Å². The van der Waals surface area contributed by atoms with E-state index in [1.54, 1.807) is 7.11 Å². The molecule has 5 heteroatoms. The fourth-order valence-electron chi connectivity index (χ4n) is 1.44. The first-order valence-corrected chi connectivity index (χ1v) is 6.09. The highest BCUT2D eigenvalue weighted by molar-refractivity contribution is 5.85. The summed E-state index contributed by atoms with van der Waals surface area (Å²) in [4.78, 5) is 10.8. The van der Waals surface area contributed by atoms with E-state index in [4.69, 9.17) is 4.74 Å². The minimum Gasteiger partial charge on any atom is -0.481 e. The van der Waals surface area contributed by atoms with Crippen LogP contribution in [0.25, 0.3) is 0 Å². The summed E-state index contributed by atoms with van der Waals surface area (Å²) in [5, 5.41) is 0. The number of halogens is 1. The Labute approximate surface area is 115 Å². The summed E-state index contributed by atoms with van der Waals surface area (Å²) in [6, 6.07) is 5.75. The van der Waals surface area contributed by atoms with E-state index in [-0.39, 0.29) is 12.4 Å². The molecule has 0 amide bonds. The molecule has 0 unspecified atom stereocenters. The molecule has 0 radical (unpaired) electrons. The minimum atomic E-state index is 0. The predicted molar refractivity (Wildman–Crippen MR) is 79.3 cm³/mol. The maximum Gasteiger partial charge on any atom is 0.214 e. The molecular formula is C13H22ClN3O. The molecule has 0 saturated heterocycles. The van der Waals surface area contributed by atoms with E-state index in [1.165, 1.54) is 0 Å². The quantitative estimate of drug-likeness (QED) is 0.565. The first kappa shape index (κ1) is 16.7. The molecule has 0 bridgehead atoms. The van der Waals surface area contributed by atoms with Crippen molar-refractivity contribution in [1.29, 1.82) is 0 Å². The Bertz CT molecular complexity index is 358. The molecular weight excluding hydrogens is 250 g/mol. The molecule has 0 spiro atoms. The highest BCUT2D eigenvalue weighted by Crippen LogP contribution is 2.14. The van der Waals surface area contributed by atoms with Crippen LogP contribution in [-0.2, 0) is 0 Å². The Balaban J connectivity index is 0.00000289. The summed E-state index contributed by atoms with van der Waals surface area (Å²) >= 11 is 0. The standard InChI is InChI=1S/C13H21N3O.ClH/c1-4-9-14-11-16(10-5-2)12-7-6-8-13(15-12)17-3;/h6-8,11H,4-5,9-10H2,1-3H3;1H. The van der Waals surface area contributed by atoms with Crippen molar-refractivity contribution in [2.45, 2.75) is 26.7 Å². The zero-order valence-electron chi connectivity index (χ0n) is 11.3. The molecule has 0 atom stereocenters. The van der Waals surface area contributed by atoms with Gasteiger partial charge in [-0.1, -0.05) is 19.9 Å². The number of rotatable bonds is 7. The fourth-order valence-corrected chi connectivity index (χ4v) is 1.44. The summed E-state index contributed by atoms with van der Waals surface area (Å²) in [7, 11) is 1.63. The van der Waals surface area contributed by atoms with Gasteiger partial charge in [0.05, 0.1) is 13.4 Å². The van der Waals surface area contributed by atoms with Crippen LogP contribution in [0.5, 0.6) is 5.88 Å². The van der Waals surface area contributed by atoms with Gasteiger partial charge in [0.1, 0.15) is 5.82 Å². The van der Waals surface area contributed by atoms with E-state index in [0.29, 0.717) is 5.88 Å². The van der Waals surface area contributed by atoms with Crippen molar-refractivity contribution in [3.63, 3.8) is 0 Å². The monoisotopic (exact) mass is 271 g/mol. The number of aromatic nitrogens is 1. The van der Waals surface area contributed by atoms with Crippen molar-refractivity contribution in [2.24, 2.45) is 4.99 Å². The Morgan fingerprint density at radius 3 is 2.72 bits per heavy atom. The van der Waals surface area contributed by atoms with Crippen molar-refractivity contribution in [3.05, 3.63) is 18.2 Å². The Morgan fingerprint density at radius 1 is 1.33 bits per heavy atom. The van der Waals surface area contributed by atoms with Crippen molar-refractivity contribution >= 4 is 24.6 Å². The van der Waals surface area contributed by atoms with Crippen molar-refractivity contribution in [1.82, 2.24) is 4.98 Å². The van der Waals surface area contributed by atoms with E-state index in [9.17, 15) is 0 Å². The van der Waals surface area contributed by atoms with Gasteiger partial charge in [-0.05, 0) is 18.9 Å². The summed E-state index contributed by atoms with van der Waals surface area (Å²) in [6.45, 7) is 6.02. The van der Waals surface area contributed by atoms with Gasteiger partial charge in [-0.15, -0.1) is 12.4 Å². The number of anilines is 1. The molecule has 1 rings (SSSR count). The van der Waals surface area contributed by atoms with E-state index in [2.05, 4.69) is 28.7 Å². The molecule has 1 heterocycles. The zero-order valence-corrected chi connectivity index (χ0v) is 12.1. The van der Waals surface area contributed by atoms with E-state index in [1.807, 2.05) is 24.5 Å². The van der Waals surface area contributed by atoms with Gasteiger partial charge in [-0.25, -0.2) is 0 Å². The number of ether oxygens (including phenoxy) is 1. The summed E-state index contributed by atoms with van der Waals surface area (Å²) in [5.41, 5.74) is 0. The summed E-state index contributed by atoms with van der Waals surface area (Å²) in [6.07, 6.45) is 3.98. The van der Waals surface area contributed by atoms with Gasteiger partial charge >= 0.3 is 0 Å². The lowest BCUT2D eigenvalue weighted by Gasteiger charge is -2.18. The molecule has 0 N–H and O–H groups in total. The van der Waals surface area contributed by atoms with Crippen LogP contribution in [0.3, 0.4) is 0 Å². The fraction of sp³-hybridized carbons (Fsp3) is 0.538. The van der Waals surface area contributed by atoms with E-state index < -0.39 is 0 Å². The van der Waals surface area contributed by atoms with Crippen LogP contribution in [-0.4, -0.2) is 31.5 Å². The largest absolute Gasteiger partial charge is 0.481 e. The first-order chi connectivity index (χ1) is 8.31. The van der Waals surface area contributed by atoms with E-state index >= 15 is 0 Å². The van der Waals surface area contributed by atoms with Gasteiger partial charge in [0.25, 0.3) is 0 Å². The molecule has 1 aromatic rings. The Morgan fingerprint density at radius 2 is 2.11 bits per heavy atom. The molecule has 0 aliphatic carbocycles. The molecule has 0 fully saturated rings. The van der Waals surface area contributed by atoms with Gasteiger partial charge in [0.15, 0.2) is 0 Å². The SMILES string of the molecule is CCCN=CN(CCC)c1cccc(OC)n1.Cl. The molecule has 18 heavy (non-hydrogen) atoms. The summed E-state index contributed by atoms with van der Waals surface area (Å²) in [5.74, 6) is 1.51. The smallest absolute Gasteiger partial charge is 0.214 e. The second-order valence-electron chi connectivity index (χ2n) is 3.75. The lowest BCUT2D eigenvalue weighted by Crippen LogP contribution is -2.23. The van der Waals surface area contributed by atoms with Gasteiger partial charge < -0.3 is 9.64 Å². The number of nitrogens with zero attached hydrogens (tertiary/aromatic N) is 3. The Hall–Kier alpha value is -1.29. The zero-order chi connectivity index (χ0) is 12.5. The van der Waals surface area contributed by atoms with Crippen LogP contribution in [0, 0.1) is 0 Å². The number of aliphatic imine (C=N–C) groups is 1. The molecule has 0 aliphatic rings. The second-order valence-corrected chi connectivity index (χ2v) is 3.75. The number of hydrogen-bond acceptors (Lipinski definition) is 3. The van der Waals surface area contributed by atoms with Crippen LogP contribution in [0.1, 0.15) is 26.7 Å². The predicted octanol–water partition coefficient (Wildman–Crippen LogP) is 3.17. The van der Waals surface area contributed by atoms with Gasteiger partial charge in [0, 0.05) is 19.2 Å². The molecule has 4 nitrogen and oxygen atoms in total. The first-order valence-electron chi connectivity index (χ1n) is 6.09. The van der Waals surface area contributed by atoms with Crippen LogP contribution < -0.4 is 9.64 Å². The van der Waals surface area contributed by atoms with Crippen molar-refractivity contribution < 1.29 is 4.74 Å². The topological polar surface area (TPSA) is 37.7 Å². The average Bonchev–Trinajstić information content (AvgIpc) is 2.38. The van der Waals surface area contributed by atoms with Gasteiger partial charge in [0.2, 0.25) is 5.88 Å². The highest BCUT2D eigenvalue weighted by atomic mass is 35.5. The lowest BCUT2D eigenvalue weighted by molar-refractivity contribution is 0.398. The Kier molecular flexibility index (Phi) is 9.01. The molecule has 102 valence electrons. The molecule has 1 aromatic heterocycles. The van der Waals surface area contributed by atoms with Crippen molar-refractivity contribution in [3.8, 4) is 5.88 Å². The maximum atomic E-state index is 5.13.